The van der Waals surface area contributed by atoms with Gasteiger partial charge in [-0.1, -0.05) is 0 Å². The molecule has 0 aromatic heterocycles. The highest BCUT2D eigenvalue weighted by molar-refractivity contribution is 5.69. The SMILES string of the molecule is CC(C)(C)OC(=O)N1CC(C(O)CN)C1. The van der Waals surface area contributed by atoms with E-state index in [9.17, 15) is 9.90 Å². The van der Waals surface area contributed by atoms with Gasteiger partial charge in [-0.05, 0) is 20.8 Å². The minimum Gasteiger partial charge on any atom is -0.444 e. The summed E-state index contributed by atoms with van der Waals surface area (Å²) in [7, 11) is 0. The Morgan fingerprint density at radius 1 is 1.60 bits per heavy atom. The van der Waals surface area contributed by atoms with Gasteiger partial charge in [-0.15, -0.1) is 0 Å². The second-order valence-electron chi connectivity index (χ2n) is 4.95. The molecule has 0 aromatic rings. The highest BCUT2D eigenvalue weighted by Gasteiger charge is 2.36. The van der Waals surface area contributed by atoms with E-state index in [0.717, 1.165) is 0 Å². The average Bonchev–Trinajstić information content (AvgIpc) is 1.97. The molecule has 1 amide bonds. The Morgan fingerprint density at radius 2 is 2.13 bits per heavy atom. The zero-order valence-electron chi connectivity index (χ0n) is 9.56. The molecule has 0 saturated carbocycles. The van der Waals surface area contributed by atoms with Crippen LogP contribution < -0.4 is 5.73 Å². The minimum absolute atomic E-state index is 0.0996. The molecule has 5 nitrogen and oxygen atoms in total. The minimum atomic E-state index is -0.510. The molecule has 3 N–H and O–H groups in total. The van der Waals surface area contributed by atoms with E-state index in [0.29, 0.717) is 13.1 Å². The molecule has 1 atom stereocenters. The molecule has 0 aromatic carbocycles. The van der Waals surface area contributed by atoms with Crippen molar-refractivity contribution in [1.29, 1.82) is 0 Å². The van der Waals surface area contributed by atoms with Gasteiger partial charge in [-0.25, -0.2) is 4.79 Å². The zero-order chi connectivity index (χ0) is 11.6. The van der Waals surface area contributed by atoms with Crippen LogP contribution in [0.2, 0.25) is 0 Å². The third-order valence-corrected chi connectivity index (χ3v) is 2.35. The van der Waals surface area contributed by atoms with Crippen LogP contribution in [-0.4, -0.2) is 47.4 Å². The molecule has 1 saturated heterocycles. The Kier molecular flexibility index (Phi) is 3.57. The lowest BCUT2D eigenvalue weighted by atomic mass is 9.94. The van der Waals surface area contributed by atoms with E-state index in [4.69, 9.17) is 10.5 Å². The van der Waals surface area contributed by atoms with Gasteiger partial charge in [0.05, 0.1) is 6.10 Å². The predicted octanol–water partition coefficient (Wildman–Crippen LogP) is 0.173. The molecule has 0 aliphatic carbocycles. The normalized spacial score (nSPS) is 19.7. The van der Waals surface area contributed by atoms with Crippen LogP contribution in [0.4, 0.5) is 4.79 Å². The van der Waals surface area contributed by atoms with Crippen molar-refractivity contribution in [3.8, 4) is 0 Å². The van der Waals surface area contributed by atoms with Gasteiger partial charge < -0.3 is 20.5 Å². The number of amides is 1. The number of hydrogen-bond donors (Lipinski definition) is 2. The Hall–Kier alpha value is -0.810. The van der Waals surface area contributed by atoms with Crippen molar-refractivity contribution in [3.05, 3.63) is 0 Å². The predicted molar refractivity (Wildman–Crippen MR) is 56.4 cm³/mol. The van der Waals surface area contributed by atoms with E-state index >= 15 is 0 Å². The van der Waals surface area contributed by atoms with E-state index in [2.05, 4.69) is 0 Å². The van der Waals surface area contributed by atoms with Gasteiger partial charge in [0.25, 0.3) is 0 Å². The van der Waals surface area contributed by atoms with Crippen LogP contribution >= 0.6 is 0 Å². The number of hydrogen-bond acceptors (Lipinski definition) is 4. The second-order valence-corrected chi connectivity index (χ2v) is 4.95. The molecule has 1 aliphatic heterocycles. The van der Waals surface area contributed by atoms with Crippen molar-refractivity contribution in [3.63, 3.8) is 0 Å². The molecule has 88 valence electrons. The molecule has 0 bridgehead atoms. The van der Waals surface area contributed by atoms with Crippen molar-refractivity contribution in [1.82, 2.24) is 4.90 Å². The summed E-state index contributed by atoms with van der Waals surface area (Å²) in [5, 5.41) is 9.41. The van der Waals surface area contributed by atoms with Gasteiger partial charge >= 0.3 is 6.09 Å². The Labute approximate surface area is 90.2 Å². The first-order valence-electron chi connectivity index (χ1n) is 5.19. The van der Waals surface area contributed by atoms with E-state index in [1.807, 2.05) is 20.8 Å². The molecular weight excluding hydrogens is 196 g/mol. The van der Waals surface area contributed by atoms with Gasteiger partial charge in [0.2, 0.25) is 0 Å². The van der Waals surface area contributed by atoms with E-state index in [-0.39, 0.29) is 18.6 Å². The first-order valence-corrected chi connectivity index (χ1v) is 5.19. The van der Waals surface area contributed by atoms with Crippen molar-refractivity contribution in [2.45, 2.75) is 32.5 Å². The number of aliphatic hydroxyl groups excluding tert-OH is 1. The number of carbonyl (C=O) groups excluding carboxylic acids is 1. The number of ether oxygens (including phenoxy) is 1. The first-order chi connectivity index (χ1) is 6.83. The molecule has 0 radical (unpaired) electrons. The lowest BCUT2D eigenvalue weighted by Crippen LogP contribution is -2.56. The van der Waals surface area contributed by atoms with Crippen LogP contribution in [-0.2, 0) is 4.74 Å². The van der Waals surface area contributed by atoms with Gasteiger partial charge in [0, 0.05) is 25.6 Å². The molecule has 1 unspecified atom stereocenters. The molecule has 5 heteroatoms. The molecule has 0 spiro atoms. The molecular formula is C10H20N2O3. The van der Waals surface area contributed by atoms with Crippen LogP contribution in [0, 0.1) is 5.92 Å². The van der Waals surface area contributed by atoms with E-state index in [1.165, 1.54) is 0 Å². The molecule has 1 aliphatic rings. The van der Waals surface area contributed by atoms with E-state index in [1.54, 1.807) is 4.90 Å². The number of carbonyl (C=O) groups is 1. The quantitative estimate of drug-likeness (QED) is 0.690. The maximum absolute atomic E-state index is 11.5. The van der Waals surface area contributed by atoms with Crippen molar-refractivity contribution >= 4 is 6.09 Å². The molecule has 1 fully saturated rings. The summed E-state index contributed by atoms with van der Waals surface area (Å²) in [6.07, 6.45) is -0.827. The number of nitrogens with zero attached hydrogens (tertiary/aromatic N) is 1. The maximum Gasteiger partial charge on any atom is 0.410 e. The zero-order valence-corrected chi connectivity index (χ0v) is 9.56. The Bertz CT molecular complexity index is 231. The van der Waals surface area contributed by atoms with Crippen LogP contribution in [0.5, 0.6) is 0 Å². The number of nitrogens with two attached hydrogens (primary N) is 1. The summed E-state index contributed by atoms with van der Waals surface area (Å²) in [6, 6.07) is 0. The summed E-state index contributed by atoms with van der Waals surface area (Å²) in [5.41, 5.74) is 4.86. The van der Waals surface area contributed by atoms with Crippen LogP contribution in [0.1, 0.15) is 20.8 Å². The fourth-order valence-electron chi connectivity index (χ4n) is 1.42. The van der Waals surface area contributed by atoms with Crippen LogP contribution in [0.15, 0.2) is 0 Å². The second kappa shape index (κ2) is 4.37. The largest absolute Gasteiger partial charge is 0.444 e. The number of likely N-dealkylation sites (tertiary alicyclic amines) is 1. The topological polar surface area (TPSA) is 75.8 Å². The lowest BCUT2D eigenvalue weighted by Gasteiger charge is -2.41. The third-order valence-electron chi connectivity index (χ3n) is 2.35. The third kappa shape index (κ3) is 3.35. The first kappa shape index (κ1) is 12.3. The molecule has 1 heterocycles. The van der Waals surface area contributed by atoms with Crippen molar-refractivity contribution < 1.29 is 14.6 Å². The lowest BCUT2D eigenvalue weighted by molar-refractivity contribution is -0.0282. The van der Waals surface area contributed by atoms with E-state index < -0.39 is 11.7 Å². The number of aliphatic hydroxyl groups is 1. The van der Waals surface area contributed by atoms with Gasteiger partial charge in [0.15, 0.2) is 0 Å². The number of rotatable bonds is 2. The highest BCUT2D eigenvalue weighted by Crippen LogP contribution is 2.21. The summed E-state index contributed by atoms with van der Waals surface area (Å²) in [6.45, 7) is 6.80. The standard InChI is InChI=1S/C10H20N2O3/c1-10(2,3)15-9(14)12-5-7(6-12)8(13)4-11/h7-8,13H,4-6,11H2,1-3H3. The van der Waals surface area contributed by atoms with Gasteiger partial charge in [0.1, 0.15) is 5.60 Å². The summed E-state index contributed by atoms with van der Waals surface area (Å²) in [4.78, 5) is 13.1. The van der Waals surface area contributed by atoms with Gasteiger partial charge in [-0.3, -0.25) is 0 Å². The Morgan fingerprint density at radius 3 is 2.53 bits per heavy atom. The molecule has 1 rings (SSSR count). The smallest absolute Gasteiger partial charge is 0.410 e. The monoisotopic (exact) mass is 216 g/mol. The highest BCUT2D eigenvalue weighted by atomic mass is 16.6. The Balaban J connectivity index is 2.30. The summed E-state index contributed by atoms with van der Waals surface area (Å²) in [5.74, 6) is 0.0996. The van der Waals surface area contributed by atoms with Crippen molar-refractivity contribution in [2.75, 3.05) is 19.6 Å². The van der Waals surface area contributed by atoms with Gasteiger partial charge in [-0.2, -0.15) is 0 Å². The summed E-state index contributed by atoms with van der Waals surface area (Å²) < 4.78 is 5.18. The maximum atomic E-state index is 11.5. The van der Waals surface area contributed by atoms with Crippen molar-refractivity contribution in [2.24, 2.45) is 11.7 Å². The molecule has 15 heavy (non-hydrogen) atoms. The fourth-order valence-corrected chi connectivity index (χ4v) is 1.42. The van der Waals surface area contributed by atoms with Crippen LogP contribution in [0.25, 0.3) is 0 Å². The van der Waals surface area contributed by atoms with Crippen LogP contribution in [0.3, 0.4) is 0 Å². The summed E-state index contributed by atoms with van der Waals surface area (Å²) >= 11 is 0. The fraction of sp³-hybridized carbons (Fsp3) is 0.900. The average molecular weight is 216 g/mol.